The molecule has 1 atom stereocenters. The Morgan fingerprint density at radius 1 is 1.25 bits per heavy atom. The van der Waals surface area contributed by atoms with Crippen molar-refractivity contribution in [3.8, 4) is 0 Å². The highest BCUT2D eigenvalue weighted by atomic mass is 16.6. The Morgan fingerprint density at radius 3 is 2.19 bits per heavy atom. The average molecular weight is 233 g/mol. The van der Waals surface area contributed by atoms with Crippen molar-refractivity contribution in [2.24, 2.45) is 0 Å². The van der Waals surface area contributed by atoms with E-state index in [0.717, 1.165) is 0 Å². The molecule has 0 radical (unpaired) electrons. The second kappa shape index (κ2) is 6.32. The molecular formula is C10H19NO5. The van der Waals surface area contributed by atoms with Crippen molar-refractivity contribution >= 4 is 12.1 Å². The Morgan fingerprint density at radius 2 is 1.81 bits per heavy atom. The maximum atomic E-state index is 11.2. The van der Waals surface area contributed by atoms with E-state index < -0.39 is 23.8 Å². The number of carbonyl (C=O) groups is 2. The third kappa shape index (κ3) is 6.23. The SMILES string of the molecule is COC(=O)[C@@H](CNC(=O)OC(C)(C)C)OC. The molecule has 94 valence electrons. The highest BCUT2D eigenvalue weighted by Crippen LogP contribution is 2.06. The van der Waals surface area contributed by atoms with Crippen LogP contribution in [0, 0.1) is 0 Å². The molecule has 0 aliphatic rings. The van der Waals surface area contributed by atoms with Gasteiger partial charge in [-0.05, 0) is 20.8 Å². The zero-order valence-corrected chi connectivity index (χ0v) is 10.3. The van der Waals surface area contributed by atoms with Crippen LogP contribution in [0.25, 0.3) is 0 Å². The Balaban J connectivity index is 4.03. The lowest BCUT2D eigenvalue weighted by Crippen LogP contribution is -2.40. The quantitative estimate of drug-likeness (QED) is 0.723. The standard InChI is InChI=1S/C10H19NO5/c1-10(2,3)16-9(13)11-6-7(14-4)8(12)15-5/h7H,6H2,1-5H3,(H,11,13)/t7-/m1/s1. The van der Waals surface area contributed by atoms with Gasteiger partial charge < -0.3 is 19.5 Å². The topological polar surface area (TPSA) is 73.9 Å². The number of nitrogens with one attached hydrogen (secondary N) is 1. The lowest BCUT2D eigenvalue weighted by atomic mass is 10.2. The molecule has 0 saturated heterocycles. The minimum Gasteiger partial charge on any atom is -0.467 e. The molecule has 0 rings (SSSR count). The van der Waals surface area contributed by atoms with Crippen molar-refractivity contribution in [2.45, 2.75) is 32.5 Å². The number of amides is 1. The third-order valence-corrected chi connectivity index (χ3v) is 1.58. The molecule has 0 spiro atoms. The first kappa shape index (κ1) is 14.7. The summed E-state index contributed by atoms with van der Waals surface area (Å²) in [5, 5.41) is 2.42. The minimum absolute atomic E-state index is 0.0120. The van der Waals surface area contributed by atoms with E-state index in [-0.39, 0.29) is 6.54 Å². The van der Waals surface area contributed by atoms with E-state index >= 15 is 0 Å². The van der Waals surface area contributed by atoms with Crippen LogP contribution in [0.1, 0.15) is 20.8 Å². The fourth-order valence-corrected chi connectivity index (χ4v) is 0.885. The van der Waals surface area contributed by atoms with Gasteiger partial charge in [0, 0.05) is 7.11 Å². The summed E-state index contributed by atoms with van der Waals surface area (Å²) in [6.07, 6.45) is -1.42. The second-order valence-corrected chi connectivity index (χ2v) is 4.13. The van der Waals surface area contributed by atoms with Gasteiger partial charge in [-0.15, -0.1) is 0 Å². The van der Waals surface area contributed by atoms with E-state index in [4.69, 9.17) is 9.47 Å². The Kier molecular flexibility index (Phi) is 5.81. The zero-order valence-electron chi connectivity index (χ0n) is 10.3. The predicted molar refractivity (Wildman–Crippen MR) is 57.0 cm³/mol. The maximum Gasteiger partial charge on any atom is 0.407 e. The number of rotatable bonds is 4. The van der Waals surface area contributed by atoms with E-state index in [9.17, 15) is 9.59 Å². The molecule has 1 amide bonds. The van der Waals surface area contributed by atoms with E-state index in [0.29, 0.717) is 0 Å². The molecule has 1 N–H and O–H groups in total. The minimum atomic E-state index is -0.822. The summed E-state index contributed by atoms with van der Waals surface area (Å²) < 4.78 is 14.3. The predicted octanol–water partition coefficient (Wildman–Crippen LogP) is 0.699. The van der Waals surface area contributed by atoms with Gasteiger partial charge in [-0.2, -0.15) is 0 Å². The average Bonchev–Trinajstić information content (AvgIpc) is 2.15. The normalized spacial score (nSPS) is 12.8. The van der Waals surface area contributed by atoms with Crippen molar-refractivity contribution < 1.29 is 23.8 Å². The molecule has 0 aliphatic heterocycles. The van der Waals surface area contributed by atoms with Gasteiger partial charge in [0.1, 0.15) is 5.60 Å². The number of esters is 1. The molecule has 0 aromatic carbocycles. The van der Waals surface area contributed by atoms with Gasteiger partial charge in [-0.3, -0.25) is 0 Å². The fourth-order valence-electron chi connectivity index (χ4n) is 0.885. The van der Waals surface area contributed by atoms with Crippen LogP contribution >= 0.6 is 0 Å². The zero-order chi connectivity index (χ0) is 12.8. The van der Waals surface area contributed by atoms with Crippen LogP contribution < -0.4 is 5.32 Å². The van der Waals surface area contributed by atoms with E-state index in [1.54, 1.807) is 20.8 Å². The molecule has 16 heavy (non-hydrogen) atoms. The Hall–Kier alpha value is -1.30. The molecule has 0 saturated carbocycles. The molecule has 0 aliphatic carbocycles. The number of methoxy groups -OCH3 is 2. The summed E-state index contributed by atoms with van der Waals surface area (Å²) >= 11 is 0. The van der Waals surface area contributed by atoms with Crippen molar-refractivity contribution in [3.63, 3.8) is 0 Å². The fraction of sp³-hybridized carbons (Fsp3) is 0.800. The molecule has 0 fully saturated rings. The molecule has 0 heterocycles. The van der Waals surface area contributed by atoms with E-state index in [1.165, 1.54) is 14.2 Å². The van der Waals surface area contributed by atoms with Crippen LogP contribution in [-0.2, 0) is 19.0 Å². The molecule has 0 aromatic rings. The van der Waals surface area contributed by atoms with Crippen LogP contribution in [0.5, 0.6) is 0 Å². The maximum absolute atomic E-state index is 11.2. The first-order valence-corrected chi connectivity index (χ1v) is 4.87. The van der Waals surface area contributed by atoms with E-state index in [1.807, 2.05) is 0 Å². The number of hydrogen-bond acceptors (Lipinski definition) is 5. The molecule has 6 heteroatoms. The molecule has 0 unspecified atom stereocenters. The summed E-state index contributed by atoms with van der Waals surface area (Å²) in [5.41, 5.74) is -0.572. The van der Waals surface area contributed by atoms with Crippen LogP contribution in [-0.4, -0.2) is 44.5 Å². The summed E-state index contributed by atoms with van der Waals surface area (Å²) in [6, 6.07) is 0. The van der Waals surface area contributed by atoms with Gasteiger partial charge in [0.15, 0.2) is 6.10 Å². The number of hydrogen-bond donors (Lipinski definition) is 1. The number of ether oxygens (including phenoxy) is 3. The molecule has 0 bridgehead atoms. The first-order chi connectivity index (χ1) is 7.30. The van der Waals surface area contributed by atoms with Gasteiger partial charge in [-0.25, -0.2) is 9.59 Å². The lowest BCUT2D eigenvalue weighted by molar-refractivity contribution is -0.151. The van der Waals surface area contributed by atoms with Gasteiger partial charge >= 0.3 is 12.1 Å². The largest absolute Gasteiger partial charge is 0.467 e. The van der Waals surface area contributed by atoms with Crippen molar-refractivity contribution in [1.82, 2.24) is 5.32 Å². The van der Waals surface area contributed by atoms with E-state index in [2.05, 4.69) is 10.1 Å². The molecule has 6 nitrogen and oxygen atoms in total. The van der Waals surface area contributed by atoms with Crippen molar-refractivity contribution in [2.75, 3.05) is 20.8 Å². The smallest absolute Gasteiger partial charge is 0.407 e. The van der Waals surface area contributed by atoms with Gasteiger partial charge in [0.25, 0.3) is 0 Å². The van der Waals surface area contributed by atoms with Gasteiger partial charge in [0.2, 0.25) is 0 Å². The summed E-state index contributed by atoms with van der Waals surface area (Å²) in [5.74, 6) is -0.543. The summed E-state index contributed by atoms with van der Waals surface area (Å²) in [7, 11) is 2.61. The van der Waals surface area contributed by atoms with Gasteiger partial charge in [0.05, 0.1) is 13.7 Å². The van der Waals surface area contributed by atoms with Gasteiger partial charge in [-0.1, -0.05) is 0 Å². The van der Waals surface area contributed by atoms with Crippen LogP contribution in [0.15, 0.2) is 0 Å². The molecule has 0 aromatic heterocycles. The van der Waals surface area contributed by atoms with Crippen LogP contribution in [0.3, 0.4) is 0 Å². The number of carbonyl (C=O) groups excluding carboxylic acids is 2. The Bertz CT molecular complexity index is 246. The van der Waals surface area contributed by atoms with Crippen LogP contribution in [0.2, 0.25) is 0 Å². The lowest BCUT2D eigenvalue weighted by Gasteiger charge is -2.20. The monoisotopic (exact) mass is 233 g/mol. The highest BCUT2D eigenvalue weighted by molar-refractivity contribution is 5.76. The first-order valence-electron chi connectivity index (χ1n) is 4.87. The third-order valence-electron chi connectivity index (χ3n) is 1.58. The van der Waals surface area contributed by atoms with Crippen molar-refractivity contribution in [3.05, 3.63) is 0 Å². The van der Waals surface area contributed by atoms with Crippen molar-refractivity contribution in [1.29, 1.82) is 0 Å². The summed E-state index contributed by atoms with van der Waals surface area (Å²) in [4.78, 5) is 22.4. The van der Waals surface area contributed by atoms with Crippen LogP contribution in [0.4, 0.5) is 4.79 Å². The number of alkyl carbamates (subject to hydrolysis) is 1. The Labute approximate surface area is 95.2 Å². The second-order valence-electron chi connectivity index (χ2n) is 4.13. The highest BCUT2D eigenvalue weighted by Gasteiger charge is 2.21. The summed E-state index contributed by atoms with van der Waals surface area (Å²) in [6.45, 7) is 5.26. The molecular weight excluding hydrogens is 214 g/mol.